The molecule has 0 saturated carbocycles. The van der Waals surface area contributed by atoms with Gasteiger partial charge in [0, 0.05) is 0 Å². The highest BCUT2D eigenvalue weighted by atomic mass is 16.4. The van der Waals surface area contributed by atoms with E-state index < -0.39 is 5.97 Å². The van der Waals surface area contributed by atoms with Gasteiger partial charge in [0.15, 0.2) is 0 Å². The molecule has 1 saturated heterocycles. The van der Waals surface area contributed by atoms with Crippen molar-refractivity contribution in [2.24, 2.45) is 0 Å². The van der Waals surface area contributed by atoms with Gasteiger partial charge in [0.25, 0.3) is 0 Å². The molecule has 1 aromatic rings. The van der Waals surface area contributed by atoms with Gasteiger partial charge in [0.05, 0.1) is 0 Å². The van der Waals surface area contributed by atoms with Gasteiger partial charge in [-0.1, -0.05) is 37.3 Å². The van der Waals surface area contributed by atoms with Crippen LogP contribution in [0.3, 0.4) is 0 Å². The second-order valence-electron chi connectivity index (χ2n) is 5.34. The van der Waals surface area contributed by atoms with E-state index in [1.807, 2.05) is 13.0 Å². The van der Waals surface area contributed by atoms with Gasteiger partial charge < -0.3 is 5.11 Å². The first-order valence-electron chi connectivity index (χ1n) is 7.24. The van der Waals surface area contributed by atoms with Crippen LogP contribution in [0.5, 0.6) is 0 Å². The summed E-state index contributed by atoms with van der Waals surface area (Å²) in [5.74, 6) is -0.0989. The molecule has 1 N–H and O–H groups in total. The average molecular weight is 261 g/mol. The van der Waals surface area contributed by atoms with Crippen molar-refractivity contribution >= 4 is 5.97 Å². The van der Waals surface area contributed by atoms with Crippen molar-refractivity contribution in [2.75, 3.05) is 13.1 Å². The quantitative estimate of drug-likeness (QED) is 0.905. The molecule has 2 atom stereocenters. The Morgan fingerprint density at radius 3 is 2.68 bits per heavy atom. The van der Waals surface area contributed by atoms with Crippen LogP contribution in [0.2, 0.25) is 0 Å². The number of rotatable bonds is 4. The first-order valence-corrected chi connectivity index (χ1v) is 7.24. The third-order valence-corrected chi connectivity index (χ3v) is 4.15. The van der Waals surface area contributed by atoms with Crippen molar-refractivity contribution < 1.29 is 9.90 Å². The zero-order chi connectivity index (χ0) is 13.7. The number of carboxylic acid groups (broad SMARTS) is 1. The van der Waals surface area contributed by atoms with E-state index in [0.717, 1.165) is 32.4 Å². The second kappa shape index (κ2) is 6.71. The molecule has 104 valence electrons. The number of aliphatic carboxylic acids is 1. The Kier molecular flexibility index (Phi) is 4.97. The van der Waals surface area contributed by atoms with E-state index in [4.69, 9.17) is 0 Å². The predicted octanol–water partition coefficient (Wildman–Crippen LogP) is 3.12. The molecule has 0 unspecified atom stereocenters. The van der Waals surface area contributed by atoms with Crippen LogP contribution in [0.25, 0.3) is 0 Å². The fourth-order valence-corrected chi connectivity index (χ4v) is 3.08. The Labute approximate surface area is 115 Å². The molecule has 1 fully saturated rings. The molecule has 0 radical (unpaired) electrons. The topological polar surface area (TPSA) is 40.5 Å². The van der Waals surface area contributed by atoms with E-state index in [-0.39, 0.29) is 6.04 Å². The van der Waals surface area contributed by atoms with Crippen LogP contribution >= 0.6 is 0 Å². The molecule has 1 aliphatic heterocycles. The van der Waals surface area contributed by atoms with Crippen molar-refractivity contribution in [2.45, 2.75) is 44.6 Å². The van der Waals surface area contributed by atoms with Crippen molar-refractivity contribution in [3.8, 4) is 0 Å². The molecule has 3 heteroatoms. The Morgan fingerprint density at radius 1 is 1.32 bits per heavy atom. The number of carboxylic acids is 1. The summed E-state index contributed by atoms with van der Waals surface area (Å²) in [7, 11) is 0. The molecule has 0 spiro atoms. The fourth-order valence-electron chi connectivity index (χ4n) is 3.08. The van der Waals surface area contributed by atoms with Crippen molar-refractivity contribution in [1.29, 1.82) is 0 Å². The van der Waals surface area contributed by atoms with E-state index >= 15 is 0 Å². The van der Waals surface area contributed by atoms with Crippen LogP contribution in [0.15, 0.2) is 30.3 Å². The molecule has 19 heavy (non-hydrogen) atoms. The van der Waals surface area contributed by atoms with Crippen LogP contribution in [-0.4, -0.2) is 35.1 Å². The number of likely N-dealkylation sites (tertiary alicyclic amines) is 1. The molecular weight excluding hydrogens is 238 g/mol. The summed E-state index contributed by atoms with van der Waals surface area (Å²) in [6, 6.07) is 10.3. The highest BCUT2D eigenvalue weighted by molar-refractivity contribution is 5.73. The number of benzene rings is 1. The summed E-state index contributed by atoms with van der Waals surface area (Å²) in [5.41, 5.74) is 1.40. The summed E-state index contributed by atoms with van der Waals surface area (Å²) in [6.45, 7) is 3.76. The highest BCUT2D eigenvalue weighted by Crippen LogP contribution is 2.28. The van der Waals surface area contributed by atoms with Crippen LogP contribution in [0.4, 0.5) is 0 Å². The van der Waals surface area contributed by atoms with Gasteiger partial charge >= 0.3 is 5.97 Å². The van der Waals surface area contributed by atoms with E-state index in [1.165, 1.54) is 5.56 Å². The van der Waals surface area contributed by atoms with Crippen LogP contribution in [0, 0.1) is 0 Å². The molecule has 1 aromatic carbocycles. The molecule has 1 aliphatic rings. The van der Waals surface area contributed by atoms with Crippen LogP contribution in [-0.2, 0) is 4.79 Å². The Hall–Kier alpha value is -1.35. The lowest BCUT2D eigenvalue weighted by molar-refractivity contribution is -0.143. The lowest BCUT2D eigenvalue weighted by atomic mass is 9.92. The minimum absolute atomic E-state index is 0.311. The summed E-state index contributed by atoms with van der Waals surface area (Å²) in [5, 5.41) is 9.26. The molecule has 0 aliphatic carbocycles. The van der Waals surface area contributed by atoms with Crippen molar-refractivity contribution in [3.05, 3.63) is 35.9 Å². The Balaban J connectivity index is 2.00. The lowest BCUT2D eigenvalue weighted by Gasteiger charge is -2.26. The summed E-state index contributed by atoms with van der Waals surface area (Å²) >= 11 is 0. The van der Waals surface area contributed by atoms with Crippen molar-refractivity contribution in [1.82, 2.24) is 4.90 Å². The monoisotopic (exact) mass is 261 g/mol. The zero-order valence-electron chi connectivity index (χ0n) is 11.6. The molecule has 0 amide bonds. The molecule has 0 bridgehead atoms. The predicted molar refractivity (Wildman–Crippen MR) is 76.3 cm³/mol. The molecule has 2 rings (SSSR count). The van der Waals surface area contributed by atoms with Crippen LogP contribution in [0.1, 0.15) is 44.1 Å². The Bertz CT molecular complexity index is 404. The third-order valence-electron chi connectivity index (χ3n) is 4.15. The maximum absolute atomic E-state index is 11.3. The highest BCUT2D eigenvalue weighted by Gasteiger charge is 2.26. The SMILES string of the molecule is CC[C@H](C(=O)O)N1CCC[C@H](c2ccccc2)CC1. The van der Waals surface area contributed by atoms with Gasteiger partial charge in [-0.05, 0) is 50.3 Å². The first-order chi connectivity index (χ1) is 9.22. The van der Waals surface area contributed by atoms with Crippen molar-refractivity contribution in [3.63, 3.8) is 0 Å². The van der Waals surface area contributed by atoms with Gasteiger partial charge in [0.2, 0.25) is 0 Å². The summed E-state index contributed by atoms with van der Waals surface area (Å²) < 4.78 is 0. The van der Waals surface area contributed by atoms with E-state index in [2.05, 4.69) is 29.2 Å². The molecule has 0 aromatic heterocycles. The molecule has 3 nitrogen and oxygen atoms in total. The second-order valence-corrected chi connectivity index (χ2v) is 5.34. The minimum Gasteiger partial charge on any atom is -0.480 e. The minimum atomic E-state index is -0.680. The molecule has 1 heterocycles. The largest absolute Gasteiger partial charge is 0.480 e. The zero-order valence-corrected chi connectivity index (χ0v) is 11.6. The number of carbonyl (C=O) groups is 1. The van der Waals surface area contributed by atoms with E-state index in [1.54, 1.807) is 0 Å². The van der Waals surface area contributed by atoms with Gasteiger partial charge in [-0.25, -0.2) is 0 Å². The maximum atomic E-state index is 11.3. The summed E-state index contributed by atoms with van der Waals surface area (Å²) in [6.07, 6.45) is 4.00. The molecular formula is C16H23NO2. The maximum Gasteiger partial charge on any atom is 0.320 e. The van der Waals surface area contributed by atoms with Gasteiger partial charge in [-0.15, -0.1) is 0 Å². The fraction of sp³-hybridized carbons (Fsp3) is 0.562. The van der Waals surface area contributed by atoms with Crippen LogP contribution < -0.4 is 0 Å². The normalized spacial score (nSPS) is 22.7. The summed E-state index contributed by atoms with van der Waals surface area (Å²) in [4.78, 5) is 13.4. The van der Waals surface area contributed by atoms with Gasteiger partial charge in [0.1, 0.15) is 6.04 Å². The lowest BCUT2D eigenvalue weighted by Crippen LogP contribution is -2.41. The standard InChI is InChI=1S/C16H23NO2/c1-2-15(16(18)19)17-11-6-9-14(10-12-17)13-7-4-3-5-8-13/h3-5,7-8,14-15H,2,6,9-12H2,1H3,(H,18,19)/t14-,15+/m0/s1. The van der Waals surface area contributed by atoms with Gasteiger partial charge in [-0.2, -0.15) is 0 Å². The number of hydrogen-bond acceptors (Lipinski definition) is 2. The average Bonchev–Trinajstić information content (AvgIpc) is 2.66. The third kappa shape index (κ3) is 3.57. The Morgan fingerprint density at radius 2 is 2.05 bits per heavy atom. The van der Waals surface area contributed by atoms with Gasteiger partial charge in [-0.3, -0.25) is 9.69 Å². The smallest absolute Gasteiger partial charge is 0.320 e. The first kappa shape index (κ1) is 14.1. The van der Waals surface area contributed by atoms with E-state index in [9.17, 15) is 9.90 Å². The van der Waals surface area contributed by atoms with E-state index in [0.29, 0.717) is 12.3 Å². The number of nitrogens with zero attached hydrogens (tertiary/aromatic N) is 1. The number of hydrogen-bond donors (Lipinski definition) is 1.